The Bertz CT molecular complexity index is 747. The highest BCUT2D eigenvalue weighted by Crippen LogP contribution is 2.64. The van der Waals surface area contributed by atoms with E-state index in [1.54, 1.807) is 6.08 Å². The number of esters is 1. The second-order valence-corrected chi connectivity index (χ2v) is 8.91. The van der Waals surface area contributed by atoms with Crippen LogP contribution in [-0.2, 0) is 19.0 Å². The summed E-state index contributed by atoms with van der Waals surface area (Å²) in [4.78, 5) is 12.4. The summed E-state index contributed by atoms with van der Waals surface area (Å²) < 4.78 is 17.6. The molecular formula is C23H30O4. The Kier molecular flexibility index (Phi) is 4.47. The largest absolute Gasteiger partial charge is 0.458 e. The van der Waals surface area contributed by atoms with Crippen LogP contribution in [0.4, 0.5) is 0 Å². The van der Waals surface area contributed by atoms with Gasteiger partial charge < -0.3 is 14.2 Å². The number of epoxide rings is 1. The van der Waals surface area contributed by atoms with E-state index in [2.05, 4.69) is 33.4 Å². The van der Waals surface area contributed by atoms with E-state index in [0.717, 1.165) is 18.4 Å². The zero-order chi connectivity index (χ0) is 19.4. The monoisotopic (exact) mass is 370 g/mol. The van der Waals surface area contributed by atoms with E-state index >= 15 is 0 Å². The van der Waals surface area contributed by atoms with Crippen molar-refractivity contribution in [2.24, 2.45) is 10.8 Å². The maximum Gasteiger partial charge on any atom is 0.331 e. The summed E-state index contributed by atoms with van der Waals surface area (Å²) in [5.74, 6) is -0.307. The first-order valence-corrected chi connectivity index (χ1v) is 9.98. The average molecular weight is 370 g/mol. The van der Waals surface area contributed by atoms with Crippen molar-refractivity contribution in [3.05, 3.63) is 48.1 Å². The van der Waals surface area contributed by atoms with Gasteiger partial charge in [-0.1, -0.05) is 50.3 Å². The van der Waals surface area contributed by atoms with Gasteiger partial charge in [0.15, 0.2) is 0 Å². The summed E-state index contributed by atoms with van der Waals surface area (Å²) in [6, 6.07) is 0. The van der Waals surface area contributed by atoms with Crippen molar-refractivity contribution in [2.45, 2.75) is 77.5 Å². The molecule has 0 radical (unpaired) electrons. The predicted molar refractivity (Wildman–Crippen MR) is 104 cm³/mol. The van der Waals surface area contributed by atoms with E-state index in [-0.39, 0.29) is 47.3 Å². The normalized spacial score (nSPS) is 45.9. The smallest absolute Gasteiger partial charge is 0.331 e. The number of hydrogen-bond acceptors (Lipinski definition) is 4. The molecule has 3 fully saturated rings. The lowest BCUT2D eigenvalue weighted by atomic mass is 9.54. The lowest BCUT2D eigenvalue weighted by molar-refractivity contribution is -0.158. The van der Waals surface area contributed by atoms with E-state index in [9.17, 15) is 4.79 Å². The number of allylic oxidation sites excluding steroid dienone is 3. The third-order valence-electron chi connectivity index (χ3n) is 7.39. The van der Waals surface area contributed by atoms with E-state index in [1.165, 1.54) is 11.6 Å². The molecule has 0 aromatic rings. The third kappa shape index (κ3) is 2.94. The van der Waals surface area contributed by atoms with Crippen LogP contribution in [0, 0.1) is 10.8 Å². The molecule has 2 aliphatic heterocycles. The first-order valence-electron chi connectivity index (χ1n) is 9.98. The van der Waals surface area contributed by atoms with Crippen molar-refractivity contribution in [2.75, 3.05) is 0 Å². The molecule has 0 amide bonds. The fraction of sp³-hybridized carbons (Fsp3) is 0.609. The van der Waals surface area contributed by atoms with Crippen molar-refractivity contribution in [3.8, 4) is 0 Å². The summed E-state index contributed by atoms with van der Waals surface area (Å²) >= 11 is 0. The maximum atomic E-state index is 12.4. The number of carbonyl (C=O) groups is 1. The summed E-state index contributed by atoms with van der Waals surface area (Å²) in [7, 11) is 0. The third-order valence-corrected chi connectivity index (χ3v) is 7.39. The van der Waals surface area contributed by atoms with E-state index < -0.39 is 0 Å². The van der Waals surface area contributed by atoms with Gasteiger partial charge in [0, 0.05) is 23.3 Å². The highest BCUT2D eigenvalue weighted by atomic mass is 16.6. The van der Waals surface area contributed by atoms with Gasteiger partial charge in [-0.25, -0.2) is 4.79 Å². The lowest BCUT2D eigenvalue weighted by Crippen LogP contribution is -2.56. The Hall–Kier alpha value is -1.65. The van der Waals surface area contributed by atoms with Crippen molar-refractivity contribution in [1.29, 1.82) is 0 Å². The quantitative estimate of drug-likeness (QED) is 0.244. The Labute approximate surface area is 161 Å². The summed E-state index contributed by atoms with van der Waals surface area (Å²) in [5.41, 5.74) is 2.08. The number of hydrogen-bond donors (Lipinski definition) is 0. The minimum Gasteiger partial charge on any atom is -0.458 e. The Morgan fingerprint density at radius 2 is 2.07 bits per heavy atom. The Balaban J connectivity index is 1.49. The van der Waals surface area contributed by atoms with Gasteiger partial charge in [-0.2, -0.15) is 0 Å². The van der Waals surface area contributed by atoms with Crippen LogP contribution in [0.3, 0.4) is 0 Å². The Morgan fingerprint density at radius 1 is 1.33 bits per heavy atom. The first kappa shape index (κ1) is 18.7. The molecular weight excluding hydrogens is 340 g/mol. The molecule has 4 rings (SSSR count). The molecule has 0 spiro atoms. The molecule has 2 bridgehead atoms. The number of fused-ring (bicyclic) bond motifs is 4. The molecule has 2 heterocycles. The fourth-order valence-corrected chi connectivity index (χ4v) is 5.09. The van der Waals surface area contributed by atoms with Crippen molar-refractivity contribution in [3.63, 3.8) is 0 Å². The topological polar surface area (TPSA) is 48.1 Å². The highest BCUT2D eigenvalue weighted by Gasteiger charge is 2.66. The molecule has 7 atom stereocenters. The summed E-state index contributed by atoms with van der Waals surface area (Å²) in [6.45, 7) is 13.0. The second kappa shape index (κ2) is 6.46. The minimum atomic E-state index is -0.307. The van der Waals surface area contributed by atoms with Gasteiger partial charge in [-0.15, -0.1) is 0 Å². The second-order valence-electron chi connectivity index (χ2n) is 8.91. The van der Waals surface area contributed by atoms with Gasteiger partial charge >= 0.3 is 5.97 Å². The van der Waals surface area contributed by atoms with Gasteiger partial charge in [-0.3, -0.25) is 0 Å². The van der Waals surface area contributed by atoms with E-state index in [0.29, 0.717) is 6.42 Å². The van der Waals surface area contributed by atoms with Crippen LogP contribution in [0.15, 0.2) is 48.1 Å². The molecule has 2 unspecified atom stereocenters. The van der Waals surface area contributed by atoms with Gasteiger partial charge in [0.25, 0.3) is 0 Å². The van der Waals surface area contributed by atoms with Crippen LogP contribution >= 0.6 is 0 Å². The highest BCUT2D eigenvalue weighted by molar-refractivity contribution is 5.82. The fourth-order valence-electron chi connectivity index (χ4n) is 5.09. The van der Waals surface area contributed by atoms with Crippen molar-refractivity contribution >= 4 is 5.97 Å². The minimum absolute atomic E-state index is 0.0367. The SMILES string of the molecule is C=C1[C@H]2C[C@@H](OC(=O)/C=C\C=C\C3OC3C)[C@]1(C)[C@@]1(C)CCC(C)=C[C@H]1O2. The van der Waals surface area contributed by atoms with Crippen LogP contribution < -0.4 is 0 Å². The van der Waals surface area contributed by atoms with Crippen LogP contribution in [0.25, 0.3) is 0 Å². The van der Waals surface area contributed by atoms with Crippen LogP contribution in [-0.4, -0.2) is 36.5 Å². The molecule has 1 saturated carbocycles. The number of carbonyl (C=O) groups excluding carboxylic acids is 1. The van der Waals surface area contributed by atoms with Crippen LogP contribution in [0.1, 0.15) is 47.0 Å². The molecule has 4 nitrogen and oxygen atoms in total. The molecule has 0 N–H and O–H groups in total. The first-order chi connectivity index (χ1) is 12.8. The maximum absolute atomic E-state index is 12.4. The molecule has 0 aromatic heterocycles. The van der Waals surface area contributed by atoms with Crippen LogP contribution in [0.2, 0.25) is 0 Å². The lowest BCUT2D eigenvalue weighted by Gasteiger charge is -2.55. The summed E-state index contributed by atoms with van der Waals surface area (Å²) in [6.07, 6.45) is 12.3. The van der Waals surface area contributed by atoms with Crippen molar-refractivity contribution in [1.82, 2.24) is 0 Å². The van der Waals surface area contributed by atoms with Gasteiger partial charge in [0.05, 0.1) is 18.3 Å². The molecule has 27 heavy (non-hydrogen) atoms. The molecule has 0 aromatic carbocycles. The van der Waals surface area contributed by atoms with E-state index in [1.807, 2.05) is 19.1 Å². The summed E-state index contributed by atoms with van der Waals surface area (Å²) in [5, 5.41) is 0. The van der Waals surface area contributed by atoms with Gasteiger partial charge in [0.1, 0.15) is 12.2 Å². The van der Waals surface area contributed by atoms with Gasteiger partial charge in [0.2, 0.25) is 0 Å². The zero-order valence-corrected chi connectivity index (χ0v) is 16.7. The number of rotatable bonds is 4. The predicted octanol–water partition coefficient (Wildman–Crippen LogP) is 4.28. The molecule has 2 aliphatic carbocycles. The standard InChI is InChI=1S/C23H30O4/c1-14-10-11-22(4)19(12-14)26-18-13-20(23(22,5)15(18)2)27-21(24)9-7-6-8-17-16(3)25-17/h6-9,12,16-20H,2,10-11,13H2,1,3-5H3/b8-6+,9-7-/t16?,17?,18-,19-,20-,22+,23-/m1/s1. The average Bonchev–Trinajstić information content (AvgIpc) is 3.29. The molecule has 146 valence electrons. The molecule has 2 saturated heterocycles. The number of ether oxygens (including phenoxy) is 3. The van der Waals surface area contributed by atoms with E-state index in [4.69, 9.17) is 14.2 Å². The van der Waals surface area contributed by atoms with Crippen molar-refractivity contribution < 1.29 is 19.0 Å². The van der Waals surface area contributed by atoms with Gasteiger partial charge in [-0.05, 0) is 32.3 Å². The van der Waals surface area contributed by atoms with Crippen LogP contribution in [0.5, 0.6) is 0 Å². The molecule has 4 aliphatic rings. The zero-order valence-electron chi connectivity index (χ0n) is 16.7. The molecule has 4 heteroatoms. The Morgan fingerprint density at radius 3 is 2.78 bits per heavy atom.